The highest BCUT2D eigenvalue weighted by atomic mass is 32.1. The first-order valence-electron chi connectivity index (χ1n) is 6.87. The van der Waals surface area contributed by atoms with Crippen molar-refractivity contribution in [1.82, 2.24) is 10.2 Å². The van der Waals surface area contributed by atoms with E-state index in [1.165, 1.54) is 15.3 Å². The van der Waals surface area contributed by atoms with E-state index in [1.54, 1.807) is 11.3 Å². The quantitative estimate of drug-likeness (QED) is 0.859. The zero-order valence-electron chi connectivity index (χ0n) is 11.0. The fourth-order valence-corrected chi connectivity index (χ4v) is 4.04. The number of nitrogens with zero attached hydrogens (tertiary/aromatic N) is 1. The van der Waals surface area contributed by atoms with E-state index < -0.39 is 0 Å². The van der Waals surface area contributed by atoms with Crippen molar-refractivity contribution in [2.45, 2.75) is 44.7 Å². The molecule has 1 aromatic heterocycles. The third kappa shape index (κ3) is 2.21. The number of likely N-dealkylation sites (tertiary alicyclic amines) is 1. The van der Waals surface area contributed by atoms with E-state index in [9.17, 15) is 9.59 Å². The average molecular weight is 278 g/mol. The van der Waals surface area contributed by atoms with Crippen LogP contribution in [0.15, 0.2) is 11.4 Å². The molecule has 1 aliphatic heterocycles. The molecule has 102 valence electrons. The number of rotatable bonds is 3. The minimum absolute atomic E-state index is 0.0497. The van der Waals surface area contributed by atoms with Crippen LogP contribution in [-0.4, -0.2) is 29.3 Å². The van der Waals surface area contributed by atoms with Gasteiger partial charge in [0, 0.05) is 17.5 Å². The average Bonchev–Trinajstić information content (AvgIpc) is 2.96. The number of likely N-dealkylation sites (N-methyl/N-ethyl adjacent to an activating group) is 1. The van der Waals surface area contributed by atoms with Crippen LogP contribution in [0.5, 0.6) is 0 Å². The van der Waals surface area contributed by atoms with Crippen LogP contribution >= 0.6 is 11.3 Å². The smallest absolute Gasteiger partial charge is 0.246 e. The fraction of sp³-hybridized carbons (Fsp3) is 0.571. The number of amides is 2. The maximum atomic E-state index is 12.1. The van der Waals surface area contributed by atoms with Gasteiger partial charge in [0.2, 0.25) is 11.8 Å². The topological polar surface area (TPSA) is 49.4 Å². The number of imide groups is 1. The second kappa shape index (κ2) is 5.06. The third-order valence-electron chi connectivity index (χ3n) is 4.01. The molecule has 1 saturated heterocycles. The molecule has 0 radical (unpaired) electrons. The lowest BCUT2D eigenvalue weighted by atomic mass is 9.93. The lowest BCUT2D eigenvalue weighted by Gasteiger charge is -2.26. The molecule has 2 amide bonds. The van der Waals surface area contributed by atoms with Gasteiger partial charge < -0.3 is 0 Å². The van der Waals surface area contributed by atoms with Crippen LogP contribution in [0.4, 0.5) is 0 Å². The van der Waals surface area contributed by atoms with E-state index in [4.69, 9.17) is 0 Å². The summed E-state index contributed by atoms with van der Waals surface area (Å²) in [6.07, 6.45) is 3.65. The third-order valence-corrected chi connectivity index (χ3v) is 5.01. The predicted octanol–water partition coefficient (Wildman–Crippen LogP) is 1.86. The lowest BCUT2D eigenvalue weighted by Crippen LogP contribution is -2.41. The summed E-state index contributed by atoms with van der Waals surface area (Å²) in [5.74, 6) is -0.110. The van der Waals surface area contributed by atoms with E-state index in [1.807, 2.05) is 6.92 Å². The van der Waals surface area contributed by atoms with Crippen molar-refractivity contribution in [3.63, 3.8) is 0 Å². The number of thiophene rings is 1. The molecule has 1 fully saturated rings. The number of carbonyl (C=O) groups is 2. The first-order chi connectivity index (χ1) is 9.20. The van der Waals surface area contributed by atoms with Gasteiger partial charge in [0.25, 0.3) is 0 Å². The molecular weight excluding hydrogens is 260 g/mol. The lowest BCUT2D eigenvalue weighted by molar-refractivity contribution is -0.138. The summed E-state index contributed by atoms with van der Waals surface area (Å²) in [4.78, 5) is 26.6. The van der Waals surface area contributed by atoms with E-state index in [0.29, 0.717) is 13.0 Å². The zero-order chi connectivity index (χ0) is 13.4. The summed E-state index contributed by atoms with van der Waals surface area (Å²) in [5.41, 5.74) is 1.33. The van der Waals surface area contributed by atoms with Crippen LogP contribution in [0.2, 0.25) is 0 Å². The number of nitrogens with one attached hydrogen (secondary N) is 1. The van der Waals surface area contributed by atoms with Gasteiger partial charge in [-0.3, -0.25) is 19.8 Å². The SMILES string of the molecule is CCN1C(=O)CC(NC2CCCc3sccc32)C1=O. The molecule has 2 atom stereocenters. The monoisotopic (exact) mass is 278 g/mol. The molecule has 3 rings (SSSR count). The van der Waals surface area contributed by atoms with Crippen LogP contribution in [0.3, 0.4) is 0 Å². The van der Waals surface area contributed by atoms with Crippen molar-refractivity contribution in [2.24, 2.45) is 0 Å². The second-order valence-corrected chi connectivity index (χ2v) is 6.14. The maximum Gasteiger partial charge on any atom is 0.246 e. The summed E-state index contributed by atoms with van der Waals surface area (Å²) >= 11 is 1.79. The largest absolute Gasteiger partial charge is 0.298 e. The molecule has 4 nitrogen and oxygen atoms in total. The molecule has 1 N–H and O–H groups in total. The highest BCUT2D eigenvalue weighted by Crippen LogP contribution is 2.34. The van der Waals surface area contributed by atoms with Gasteiger partial charge in [-0.1, -0.05) is 0 Å². The molecule has 2 aliphatic rings. The Kier molecular flexibility index (Phi) is 3.41. The van der Waals surface area contributed by atoms with Crippen LogP contribution in [0.25, 0.3) is 0 Å². The molecular formula is C14H18N2O2S. The molecule has 19 heavy (non-hydrogen) atoms. The van der Waals surface area contributed by atoms with Gasteiger partial charge in [-0.25, -0.2) is 0 Å². The summed E-state index contributed by atoms with van der Waals surface area (Å²) in [7, 11) is 0. The van der Waals surface area contributed by atoms with Crippen molar-refractivity contribution >= 4 is 23.2 Å². The molecule has 1 aromatic rings. The van der Waals surface area contributed by atoms with Gasteiger partial charge in [0.1, 0.15) is 0 Å². The molecule has 2 unspecified atom stereocenters. The standard InChI is InChI=1S/C14H18N2O2S/c1-2-16-13(17)8-11(14(16)18)15-10-4-3-5-12-9(10)6-7-19-12/h6-7,10-11,15H,2-5,8H2,1H3. The normalized spacial score (nSPS) is 26.9. The van der Waals surface area contributed by atoms with E-state index in [2.05, 4.69) is 16.8 Å². The molecule has 5 heteroatoms. The minimum Gasteiger partial charge on any atom is -0.298 e. The summed E-state index contributed by atoms with van der Waals surface area (Å²) in [5, 5.41) is 5.51. The highest BCUT2D eigenvalue weighted by molar-refractivity contribution is 7.10. The van der Waals surface area contributed by atoms with E-state index >= 15 is 0 Å². The molecule has 0 aromatic carbocycles. The van der Waals surface area contributed by atoms with Crippen molar-refractivity contribution in [3.05, 3.63) is 21.9 Å². The molecule has 0 bridgehead atoms. The van der Waals surface area contributed by atoms with E-state index in [0.717, 1.165) is 19.3 Å². The molecule has 0 saturated carbocycles. The molecule has 1 aliphatic carbocycles. The Morgan fingerprint density at radius 2 is 2.26 bits per heavy atom. The number of hydrogen-bond donors (Lipinski definition) is 1. The number of carbonyl (C=O) groups excluding carboxylic acids is 2. The van der Waals surface area contributed by atoms with Crippen LogP contribution < -0.4 is 5.32 Å². The van der Waals surface area contributed by atoms with Gasteiger partial charge in [-0.2, -0.15) is 0 Å². The Labute approximate surface area is 116 Å². The first kappa shape index (κ1) is 12.8. The maximum absolute atomic E-state index is 12.1. The summed E-state index contributed by atoms with van der Waals surface area (Å²) < 4.78 is 0. The molecule has 2 heterocycles. The number of fused-ring (bicyclic) bond motifs is 1. The van der Waals surface area contributed by atoms with Gasteiger partial charge in [0.15, 0.2) is 0 Å². The van der Waals surface area contributed by atoms with Gasteiger partial charge in [0.05, 0.1) is 12.5 Å². The Hall–Kier alpha value is -1.20. The Morgan fingerprint density at radius 1 is 1.42 bits per heavy atom. The van der Waals surface area contributed by atoms with E-state index in [-0.39, 0.29) is 23.9 Å². The molecule has 0 spiro atoms. The minimum atomic E-state index is -0.330. The fourth-order valence-electron chi connectivity index (χ4n) is 3.05. The first-order valence-corrected chi connectivity index (χ1v) is 7.75. The Bertz CT molecular complexity index is 511. The van der Waals surface area contributed by atoms with Gasteiger partial charge >= 0.3 is 0 Å². The van der Waals surface area contributed by atoms with Crippen LogP contribution in [-0.2, 0) is 16.0 Å². The van der Waals surface area contributed by atoms with Crippen molar-refractivity contribution in [1.29, 1.82) is 0 Å². The highest BCUT2D eigenvalue weighted by Gasteiger charge is 2.39. The number of hydrogen-bond acceptors (Lipinski definition) is 4. The summed E-state index contributed by atoms with van der Waals surface area (Å²) in [6.45, 7) is 2.32. The van der Waals surface area contributed by atoms with Crippen molar-refractivity contribution in [3.8, 4) is 0 Å². The van der Waals surface area contributed by atoms with Crippen molar-refractivity contribution in [2.75, 3.05) is 6.54 Å². The van der Waals surface area contributed by atoms with Crippen molar-refractivity contribution < 1.29 is 9.59 Å². The number of aryl methyl sites for hydroxylation is 1. The van der Waals surface area contributed by atoms with Crippen LogP contribution in [0.1, 0.15) is 42.7 Å². The van der Waals surface area contributed by atoms with Gasteiger partial charge in [-0.15, -0.1) is 11.3 Å². The second-order valence-electron chi connectivity index (χ2n) is 5.14. The summed E-state index contributed by atoms with van der Waals surface area (Å²) in [6, 6.07) is 2.05. The predicted molar refractivity (Wildman–Crippen MR) is 73.9 cm³/mol. The van der Waals surface area contributed by atoms with Gasteiger partial charge in [-0.05, 0) is 43.2 Å². The zero-order valence-corrected chi connectivity index (χ0v) is 11.8. The Balaban J connectivity index is 1.74. The van der Waals surface area contributed by atoms with Crippen LogP contribution in [0, 0.1) is 0 Å². The Morgan fingerprint density at radius 3 is 3.00 bits per heavy atom.